The Labute approximate surface area is 113 Å². The van der Waals surface area contributed by atoms with Crippen molar-refractivity contribution in [2.75, 3.05) is 0 Å². The predicted molar refractivity (Wildman–Crippen MR) is 68.8 cm³/mol. The van der Waals surface area contributed by atoms with Gasteiger partial charge < -0.3 is 14.3 Å². The first kappa shape index (κ1) is 11.7. The SMILES string of the molecule is O=C([O-])c1ccc2oc(-c3ccc(Cl)cc3)nc2c1. The zero-order valence-electron chi connectivity index (χ0n) is 9.59. The van der Waals surface area contributed by atoms with E-state index < -0.39 is 5.97 Å². The zero-order chi connectivity index (χ0) is 13.4. The highest BCUT2D eigenvalue weighted by Crippen LogP contribution is 2.25. The molecule has 0 atom stereocenters. The van der Waals surface area contributed by atoms with Crippen LogP contribution in [-0.2, 0) is 0 Å². The van der Waals surface area contributed by atoms with Gasteiger partial charge in [0.2, 0.25) is 5.89 Å². The van der Waals surface area contributed by atoms with Gasteiger partial charge >= 0.3 is 0 Å². The Morgan fingerprint density at radius 2 is 1.89 bits per heavy atom. The smallest absolute Gasteiger partial charge is 0.227 e. The second kappa shape index (κ2) is 4.40. The number of carbonyl (C=O) groups is 1. The molecular formula is C14H7ClNO3-. The predicted octanol–water partition coefficient (Wildman–Crippen LogP) is 2.51. The minimum absolute atomic E-state index is 0.0726. The number of oxazole rings is 1. The Morgan fingerprint density at radius 3 is 2.58 bits per heavy atom. The molecule has 3 rings (SSSR count). The Kier molecular flexibility index (Phi) is 2.72. The molecule has 94 valence electrons. The van der Waals surface area contributed by atoms with Crippen molar-refractivity contribution in [3.63, 3.8) is 0 Å². The molecule has 0 saturated heterocycles. The van der Waals surface area contributed by atoms with Crippen molar-refractivity contribution in [3.8, 4) is 11.5 Å². The number of aromatic nitrogens is 1. The fourth-order valence-corrected chi connectivity index (χ4v) is 1.90. The molecule has 0 fully saturated rings. The summed E-state index contributed by atoms with van der Waals surface area (Å²) in [6.07, 6.45) is 0. The van der Waals surface area contributed by atoms with Gasteiger partial charge in [-0.1, -0.05) is 11.6 Å². The molecule has 1 aromatic heterocycles. The number of halogens is 1. The standard InChI is InChI=1S/C14H8ClNO3/c15-10-4-1-8(2-5-10)13-16-11-7-9(14(17)18)3-6-12(11)19-13/h1-7H,(H,17,18)/p-1. The van der Waals surface area contributed by atoms with Crippen molar-refractivity contribution in [3.05, 3.63) is 53.1 Å². The first-order valence-corrected chi connectivity index (χ1v) is 5.89. The number of nitrogens with zero attached hydrogens (tertiary/aromatic N) is 1. The molecule has 0 aliphatic rings. The normalized spacial score (nSPS) is 10.8. The average molecular weight is 273 g/mol. The number of fused-ring (bicyclic) bond motifs is 1. The minimum atomic E-state index is -1.24. The third-order valence-corrected chi connectivity index (χ3v) is 2.97. The van der Waals surface area contributed by atoms with Gasteiger partial charge in [0.15, 0.2) is 5.58 Å². The molecular weight excluding hydrogens is 266 g/mol. The lowest BCUT2D eigenvalue weighted by Crippen LogP contribution is -2.21. The van der Waals surface area contributed by atoms with Crippen LogP contribution in [0, 0.1) is 0 Å². The Balaban J connectivity index is 2.11. The first-order chi connectivity index (χ1) is 9.13. The number of aromatic carboxylic acids is 1. The summed E-state index contributed by atoms with van der Waals surface area (Å²) >= 11 is 5.81. The monoisotopic (exact) mass is 272 g/mol. The van der Waals surface area contributed by atoms with E-state index in [0.29, 0.717) is 22.0 Å². The number of rotatable bonds is 2. The molecule has 0 N–H and O–H groups in total. The van der Waals surface area contributed by atoms with E-state index in [9.17, 15) is 9.90 Å². The molecule has 0 saturated carbocycles. The van der Waals surface area contributed by atoms with Crippen molar-refractivity contribution in [1.82, 2.24) is 4.98 Å². The Morgan fingerprint density at radius 1 is 1.16 bits per heavy atom. The van der Waals surface area contributed by atoms with E-state index >= 15 is 0 Å². The van der Waals surface area contributed by atoms with Crippen LogP contribution in [0.2, 0.25) is 5.02 Å². The summed E-state index contributed by atoms with van der Waals surface area (Å²) in [6, 6.07) is 11.4. The maximum absolute atomic E-state index is 10.8. The summed E-state index contributed by atoms with van der Waals surface area (Å²) in [5, 5.41) is 11.4. The molecule has 0 aliphatic heterocycles. The van der Waals surface area contributed by atoms with Crippen LogP contribution in [-0.4, -0.2) is 11.0 Å². The number of carboxylic acid groups (broad SMARTS) is 1. The lowest BCUT2D eigenvalue weighted by Gasteiger charge is -1.99. The molecule has 3 aromatic rings. The van der Waals surface area contributed by atoms with Gasteiger partial charge in [-0.25, -0.2) is 4.98 Å². The van der Waals surface area contributed by atoms with Gasteiger partial charge in [0.05, 0.1) is 5.97 Å². The third kappa shape index (κ3) is 2.18. The van der Waals surface area contributed by atoms with Crippen molar-refractivity contribution in [2.24, 2.45) is 0 Å². The van der Waals surface area contributed by atoms with Crippen molar-refractivity contribution >= 4 is 28.7 Å². The second-order valence-electron chi connectivity index (χ2n) is 4.00. The van der Waals surface area contributed by atoms with Gasteiger partial charge in [0, 0.05) is 10.6 Å². The molecule has 5 heteroatoms. The van der Waals surface area contributed by atoms with Crippen LogP contribution < -0.4 is 5.11 Å². The molecule has 0 amide bonds. The lowest BCUT2D eigenvalue weighted by molar-refractivity contribution is -0.255. The van der Waals surface area contributed by atoms with Crippen LogP contribution in [0.5, 0.6) is 0 Å². The van der Waals surface area contributed by atoms with Crippen LogP contribution in [0.3, 0.4) is 0 Å². The van der Waals surface area contributed by atoms with Crippen molar-refractivity contribution in [1.29, 1.82) is 0 Å². The fourth-order valence-electron chi connectivity index (χ4n) is 1.77. The maximum atomic E-state index is 10.8. The van der Waals surface area contributed by atoms with Crippen molar-refractivity contribution < 1.29 is 14.3 Å². The molecule has 0 spiro atoms. The molecule has 19 heavy (non-hydrogen) atoms. The summed E-state index contributed by atoms with van der Waals surface area (Å²) in [6.45, 7) is 0. The average Bonchev–Trinajstić information content (AvgIpc) is 2.82. The van der Waals surface area contributed by atoms with Gasteiger partial charge in [0.25, 0.3) is 0 Å². The van der Waals surface area contributed by atoms with E-state index in [4.69, 9.17) is 16.0 Å². The summed E-state index contributed by atoms with van der Waals surface area (Å²) in [4.78, 5) is 15.0. The van der Waals surface area contributed by atoms with Crippen LogP contribution >= 0.6 is 11.6 Å². The number of carbonyl (C=O) groups excluding carboxylic acids is 1. The molecule has 0 aliphatic carbocycles. The molecule has 0 unspecified atom stereocenters. The quantitative estimate of drug-likeness (QED) is 0.719. The summed E-state index contributed by atoms with van der Waals surface area (Å²) in [5.74, 6) is -0.819. The molecule has 4 nitrogen and oxygen atoms in total. The number of benzene rings is 2. The molecule has 0 radical (unpaired) electrons. The highest BCUT2D eigenvalue weighted by Gasteiger charge is 2.08. The van der Waals surface area contributed by atoms with Gasteiger partial charge in [-0.2, -0.15) is 0 Å². The van der Waals surface area contributed by atoms with Crippen LogP contribution in [0.1, 0.15) is 10.4 Å². The topological polar surface area (TPSA) is 66.2 Å². The Bertz CT molecular complexity index is 762. The summed E-state index contributed by atoms with van der Waals surface area (Å²) in [7, 11) is 0. The maximum Gasteiger partial charge on any atom is 0.227 e. The highest BCUT2D eigenvalue weighted by atomic mass is 35.5. The second-order valence-corrected chi connectivity index (χ2v) is 4.43. The fraction of sp³-hybridized carbons (Fsp3) is 0. The number of carboxylic acids is 1. The number of hydrogen-bond acceptors (Lipinski definition) is 4. The van der Waals surface area contributed by atoms with E-state index in [-0.39, 0.29) is 5.56 Å². The van der Waals surface area contributed by atoms with E-state index in [2.05, 4.69) is 4.98 Å². The molecule has 1 heterocycles. The summed E-state index contributed by atoms with van der Waals surface area (Å²) < 4.78 is 5.56. The third-order valence-electron chi connectivity index (χ3n) is 2.71. The van der Waals surface area contributed by atoms with E-state index in [1.165, 1.54) is 12.1 Å². The minimum Gasteiger partial charge on any atom is -0.545 e. The zero-order valence-corrected chi connectivity index (χ0v) is 10.3. The lowest BCUT2D eigenvalue weighted by atomic mass is 10.2. The molecule has 0 bridgehead atoms. The van der Waals surface area contributed by atoms with E-state index in [1.54, 1.807) is 30.3 Å². The van der Waals surface area contributed by atoms with E-state index in [1.807, 2.05) is 0 Å². The van der Waals surface area contributed by atoms with Gasteiger partial charge in [-0.15, -0.1) is 0 Å². The first-order valence-electron chi connectivity index (χ1n) is 5.51. The Hall–Kier alpha value is -2.33. The van der Waals surface area contributed by atoms with Crippen LogP contribution in [0.15, 0.2) is 46.9 Å². The molecule has 2 aromatic carbocycles. The van der Waals surface area contributed by atoms with Gasteiger partial charge in [-0.3, -0.25) is 0 Å². The van der Waals surface area contributed by atoms with Crippen LogP contribution in [0.25, 0.3) is 22.6 Å². The summed E-state index contributed by atoms with van der Waals surface area (Å²) in [5.41, 5.74) is 1.85. The highest BCUT2D eigenvalue weighted by molar-refractivity contribution is 6.30. The largest absolute Gasteiger partial charge is 0.545 e. The van der Waals surface area contributed by atoms with Crippen molar-refractivity contribution in [2.45, 2.75) is 0 Å². The van der Waals surface area contributed by atoms with Gasteiger partial charge in [-0.05, 0) is 48.0 Å². The number of hydrogen-bond donors (Lipinski definition) is 0. The van der Waals surface area contributed by atoms with Gasteiger partial charge in [0.1, 0.15) is 5.52 Å². The van der Waals surface area contributed by atoms with Crippen LogP contribution in [0.4, 0.5) is 0 Å². The van der Waals surface area contributed by atoms with E-state index in [0.717, 1.165) is 5.56 Å².